The van der Waals surface area contributed by atoms with Crippen molar-refractivity contribution < 1.29 is 4.39 Å². The predicted molar refractivity (Wildman–Crippen MR) is 44.3 cm³/mol. The fourth-order valence-corrected chi connectivity index (χ4v) is 0.892. The van der Waals surface area contributed by atoms with Gasteiger partial charge in [-0.15, -0.1) is 6.54 Å². The van der Waals surface area contributed by atoms with Crippen LogP contribution in [0, 0.1) is 5.82 Å². The molecule has 0 aromatic heterocycles. The molecule has 0 aliphatic heterocycles. The van der Waals surface area contributed by atoms with Gasteiger partial charge in [-0.05, 0) is 24.1 Å². The molecule has 0 amide bonds. The summed E-state index contributed by atoms with van der Waals surface area (Å²) >= 11 is 0. The van der Waals surface area contributed by atoms with Crippen molar-refractivity contribution in [3.8, 4) is 0 Å². The Labute approximate surface area is 66.2 Å². The first-order chi connectivity index (χ1) is 5.33. The summed E-state index contributed by atoms with van der Waals surface area (Å²) in [4.78, 5) is 0. The minimum Gasteiger partial charge on any atom is -0.665 e. The fraction of sp³-hybridized carbons (Fsp3) is 0.333. The Morgan fingerprint density at radius 3 is 2.45 bits per heavy atom. The van der Waals surface area contributed by atoms with Gasteiger partial charge in [0.05, 0.1) is 0 Å². The standard InChI is InChI=1S/C9H11FN/c1-11-7-6-8-2-4-9(10)5-3-8/h2-5H,6-7H2,1H3/q-1. The molecule has 0 bridgehead atoms. The summed E-state index contributed by atoms with van der Waals surface area (Å²) in [5, 5.41) is 3.96. The lowest BCUT2D eigenvalue weighted by molar-refractivity contribution is 0.627. The van der Waals surface area contributed by atoms with Crippen molar-refractivity contribution in [3.05, 3.63) is 41.0 Å². The Balaban J connectivity index is 2.52. The fourth-order valence-electron chi connectivity index (χ4n) is 0.892. The minimum absolute atomic E-state index is 0.179. The van der Waals surface area contributed by atoms with E-state index in [0.717, 1.165) is 18.5 Å². The van der Waals surface area contributed by atoms with E-state index >= 15 is 0 Å². The van der Waals surface area contributed by atoms with Crippen molar-refractivity contribution in [3.63, 3.8) is 0 Å². The van der Waals surface area contributed by atoms with E-state index in [-0.39, 0.29) is 5.82 Å². The van der Waals surface area contributed by atoms with Crippen molar-refractivity contribution in [2.45, 2.75) is 6.42 Å². The van der Waals surface area contributed by atoms with Crippen LogP contribution in [-0.4, -0.2) is 13.6 Å². The lowest BCUT2D eigenvalue weighted by Crippen LogP contribution is -1.89. The molecule has 2 heteroatoms. The van der Waals surface area contributed by atoms with Gasteiger partial charge in [0, 0.05) is 0 Å². The SMILES string of the molecule is C[N-]CCc1ccc(F)cc1. The highest BCUT2D eigenvalue weighted by Gasteiger charge is 1.89. The second-order valence-electron chi connectivity index (χ2n) is 2.42. The van der Waals surface area contributed by atoms with Crippen molar-refractivity contribution in [2.75, 3.05) is 13.6 Å². The summed E-state index contributed by atoms with van der Waals surface area (Å²) in [6.45, 7) is 0.811. The lowest BCUT2D eigenvalue weighted by Gasteiger charge is -2.09. The van der Waals surface area contributed by atoms with Gasteiger partial charge in [0.25, 0.3) is 0 Å². The third-order valence-electron chi connectivity index (χ3n) is 1.54. The summed E-state index contributed by atoms with van der Waals surface area (Å²) in [6, 6.07) is 6.54. The molecule has 0 spiro atoms. The number of nitrogens with zero attached hydrogens (tertiary/aromatic N) is 1. The van der Waals surface area contributed by atoms with E-state index in [9.17, 15) is 4.39 Å². The first-order valence-corrected chi connectivity index (χ1v) is 3.63. The van der Waals surface area contributed by atoms with E-state index in [1.54, 1.807) is 19.2 Å². The summed E-state index contributed by atoms with van der Waals surface area (Å²) in [7, 11) is 1.78. The first kappa shape index (κ1) is 8.21. The number of hydrogen-bond donors (Lipinski definition) is 0. The molecule has 0 heterocycles. The van der Waals surface area contributed by atoms with Gasteiger partial charge in [0.2, 0.25) is 0 Å². The molecule has 1 nitrogen and oxygen atoms in total. The zero-order valence-electron chi connectivity index (χ0n) is 6.55. The van der Waals surface area contributed by atoms with Crippen LogP contribution in [-0.2, 0) is 6.42 Å². The molecule has 11 heavy (non-hydrogen) atoms. The largest absolute Gasteiger partial charge is 0.665 e. The Morgan fingerprint density at radius 1 is 1.27 bits per heavy atom. The number of hydrogen-bond acceptors (Lipinski definition) is 0. The van der Waals surface area contributed by atoms with Gasteiger partial charge >= 0.3 is 0 Å². The average Bonchev–Trinajstić information content (AvgIpc) is 2.04. The Bertz CT molecular complexity index is 205. The van der Waals surface area contributed by atoms with Crippen LogP contribution in [0.4, 0.5) is 4.39 Å². The van der Waals surface area contributed by atoms with Crippen molar-refractivity contribution in [1.82, 2.24) is 0 Å². The van der Waals surface area contributed by atoms with E-state index < -0.39 is 0 Å². The van der Waals surface area contributed by atoms with Gasteiger partial charge in [0.15, 0.2) is 0 Å². The van der Waals surface area contributed by atoms with Gasteiger partial charge in [0.1, 0.15) is 5.82 Å². The van der Waals surface area contributed by atoms with Crippen LogP contribution >= 0.6 is 0 Å². The van der Waals surface area contributed by atoms with Crippen molar-refractivity contribution >= 4 is 0 Å². The van der Waals surface area contributed by atoms with Crippen LogP contribution in [0.2, 0.25) is 0 Å². The Hall–Kier alpha value is -0.890. The molecular weight excluding hydrogens is 141 g/mol. The highest BCUT2D eigenvalue weighted by molar-refractivity contribution is 5.16. The molecule has 1 aromatic rings. The molecule has 0 aliphatic rings. The summed E-state index contributed by atoms with van der Waals surface area (Å²) < 4.78 is 12.4. The van der Waals surface area contributed by atoms with E-state index in [1.807, 2.05) is 0 Å². The first-order valence-electron chi connectivity index (χ1n) is 3.63. The minimum atomic E-state index is -0.179. The summed E-state index contributed by atoms with van der Waals surface area (Å²) in [6.07, 6.45) is 0.900. The van der Waals surface area contributed by atoms with E-state index in [0.29, 0.717) is 0 Å². The topological polar surface area (TPSA) is 14.1 Å². The normalized spacial score (nSPS) is 10.0. The Morgan fingerprint density at radius 2 is 1.91 bits per heavy atom. The molecule has 0 fully saturated rings. The molecule has 0 N–H and O–H groups in total. The second-order valence-corrected chi connectivity index (χ2v) is 2.42. The molecular formula is C9H11FN-. The number of benzene rings is 1. The maximum absolute atomic E-state index is 12.4. The van der Waals surface area contributed by atoms with Crippen LogP contribution in [0.1, 0.15) is 5.56 Å². The van der Waals surface area contributed by atoms with Crippen LogP contribution in [0.25, 0.3) is 5.32 Å². The van der Waals surface area contributed by atoms with Gasteiger partial charge in [-0.1, -0.05) is 12.1 Å². The summed E-state index contributed by atoms with van der Waals surface area (Å²) in [5.74, 6) is -0.179. The molecule has 0 atom stereocenters. The highest BCUT2D eigenvalue weighted by Crippen LogP contribution is 2.03. The molecule has 60 valence electrons. The third kappa shape index (κ3) is 2.68. The van der Waals surface area contributed by atoms with E-state index in [2.05, 4.69) is 5.32 Å². The molecule has 0 radical (unpaired) electrons. The monoisotopic (exact) mass is 152 g/mol. The molecule has 0 aliphatic carbocycles. The molecule has 1 aromatic carbocycles. The molecule has 1 rings (SSSR count). The lowest BCUT2D eigenvalue weighted by atomic mass is 10.1. The van der Waals surface area contributed by atoms with Crippen LogP contribution in [0.15, 0.2) is 24.3 Å². The van der Waals surface area contributed by atoms with Crippen LogP contribution < -0.4 is 0 Å². The smallest absolute Gasteiger partial charge is 0.123 e. The van der Waals surface area contributed by atoms with E-state index in [4.69, 9.17) is 0 Å². The zero-order valence-corrected chi connectivity index (χ0v) is 6.55. The highest BCUT2D eigenvalue weighted by atomic mass is 19.1. The third-order valence-corrected chi connectivity index (χ3v) is 1.54. The zero-order chi connectivity index (χ0) is 8.10. The molecule has 0 unspecified atom stereocenters. The molecule has 0 saturated carbocycles. The maximum atomic E-state index is 12.4. The summed E-state index contributed by atoms with van der Waals surface area (Å²) in [5.41, 5.74) is 1.14. The second kappa shape index (κ2) is 4.09. The average molecular weight is 152 g/mol. The number of rotatable bonds is 3. The quantitative estimate of drug-likeness (QED) is 0.631. The van der Waals surface area contributed by atoms with Crippen LogP contribution in [0.3, 0.4) is 0 Å². The van der Waals surface area contributed by atoms with Gasteiger partial charge in [-0.3, -0.25) is 0 Å². The maximum Gasteiger partial charge on any atom is 0.123 e. The van der Waals surface area contributed by atoms with Gasteiger partial charge in [-0.25, -0.2) is 4.39 Å². The number of likely N-dealkylation sites (N-methyl/N-ethyl adjacent to an activating group) is 1. The Kier molecular flexibility index (Phi) is 3.05. The van der Waals surface area contributed by atoms with Gasteiger partial charge < -0.3 is 5.32 Å². The van der Waals surface area contributed by atoms with Gasteiger partial charge in [-0.2, -0.15) is 7.05 Å². The van der Waals surface area contributed by atoms with E-state index in [1.165, 1.54) is 12.1 Å². The van der Waals surface area contributed by atoms with Crippen LogP contribution in [0.5, 0.6) is 0 Å². The number of halogens is 1. The molecule has 0 saturated heterocycles. The van der Waals surface area contributed by atoms with Crippen molar-refractivity contribution in [1.29, 1.82) is 0 Å². The van der Waals surface area contributed by atoms with Crippen molar-refractivity contribution in [2.24, 2.45) is 0 Å². The predicted octanol–water partition coefficient (Wildman–Crippen LogP) is 2.37.